The number of carbonyl (C=O) groups excluding carboxylic acids is 1. The van der Waals surface area contributed by atoms with Crippen LogP contribution in [0, 0.1) is 0 Å². The van der Waals surface area contributed by atoms with Crippen molar-refractivity contribution in [2.75, 3.05) is 20.7 Å². The Morgan fingerprint density at radius 2 is 1.90 bits per heavy atom. The van der Waals surface area contributed by atoms with E-state index in [1.165, 1.54) is 18.2 Å². The number of guanidine groups is 1. The molecule has 1 aromatic carbocycles. The Morgan fingerprint density at radius 3 is 2.48 bits per heavy atom. The number of carbonyl (C=O) groups is 1. The topological polar surface area (TPSA) is 62.7 Å². The summed E-state index contributed by atoms with van der Waals surface area (Å²) in [7, 11) is 3.09. The number of benzene rings is 1. The van der Waals surface area contributed by atoms with Gasteiger partial charge in [0.25, 0.3) is 0 Å². The van der Waals surface area contributed by atoms with Crippen LogP contribution in [0.25, 0.3) is 0 Å². The Balaban J connectivity index is 0.00000400. The minimum absolute atomic E-state index is 0. The van der Waals surface area contributed by atoms with E-state index in [2.05, 4.69) is 39.4 Å². The monoisotopic (exact) mass is 405 g/mol. The van der Waals surface area contributed by atoms with E-state index in [-0.39, 0.29) is 29.9 Å². The van der Waals surface area contributed by atoms with Crippen LogP contribution in [0.4, 0.5) is 0 Å². The minimum Gasteiger partial charge on any atom is -0.469 e. The van der Waals surface area contributed by atoms with E-state index < -0.39 is 0 Å². The molecule has 0 fully saturated rings. The number of rotatable bonds is 6. The van der Waals surface area contributed by atoms with Crippen LogP contribution < -0.4 is 10.6 Å². The van der Waals surface area contributed by atoms with Gasteiger partial charge < -0.3 is 15.4 Å². The number of aliphatic imine (C=N–C) groups is 1. The van der Waals surface area contributed by atoms with Crippen LogP contribution in [0.1, 0.15) is 24.5 Å². The van der Waals surface area contributed by atoms with Crippen molar-refractivity contribution in [3.05, 3.63) is 35.4 Å². The molecular formula is C15H24IN3O2. The number of halogens is 1. The lowest BCUT2D eigenvalue weighted by molar-refractivity contribution is -0.140. The fourth-order valence-corrected chi connectivity index (χ4v) is 1.86. The molecule has 118 valence electrons. The van der Waals surface area contributed by atoms with Gasteiger partial charge in [-0.25, -0.2) is 0 Å². The molecular weight excluding hydrogens is 381 g/mol. The molecule has 6 heteroatoms. The van der Waals surface area contributed by atoms with Gasteiger partial charge in [-0.2, -0.15) is 0 Å². The van der Waals surface area contributed by atoms with Crippen molar-refractivity contribution in [2.45, 2.75) is 26.3 Å². The predicted molar refractivity (Wildman–Crippen MR) is 96.1 cm³/mol. The Morgan fingerprint density at radius 1 is 1.24 bits per heavy atom. The van der Waals surface area contributed by atoms with E-state index in [9.17, 15) is 4.79 Å². The van der Waals surface area contributed by atoms with Crippen molar-refractivity contribution < 1.29 is 9.53 Å². The second kappa shape index (κ2) is 11.4. The SMILES string of the molecule is CCc1ccccc1CNC(=NC)NCCC(=O)OC.I. The van der Waals surface area contributed by atoms with Crippen LogP contribution in [-0.4, -0.2) is 32.6 Å². The molecule has 0 bridgehead atoms. The van der Waals surface area contributed by atoms with E-state index >= 15 is 0 Å². The first-order valence-electron chi connectivity index (χ1n) is 6.79. The zero-order valence-corrected chi connectivity index (χ0v) is 15.1. The Kier molecular flexibility index (Phi) is 10.7. The van der Waals surface area contributed by atoms with E-state index in [1.54, 1.807) is 7.05 Å². The summed E-state index contributed by atoms with van der Waals surface area (Å²) in [6.07, 6.45) is 1.33. The molecule has 0 heterocycles. The van der Waals surface area contributed by atoms with Crippen molar-refractivity contribution in [3.63, 3.8) is 0 Å². The third-order valence-electron chi connectivity index (χ3n) is 3.02. The van der Waals surface area contributed by atoms with Gasteiger partial charge >= 0.3 is 5.97 Å². The molecule has 5 nitrogen and oxygen atoms in total. The molecule has 0 spiro atoms. The number of aryl methyl sites for hydroxylation is 1. The molecule has 2 N–H and O–H groups in total. The average Bonchev–Trinajstić information content (AvgIpc) is 2.50. The third-order valence-corrected chi connectivity index (χ3v) is 3.02. The summed E-state index contributed by atoms with van der Waals surface area (Å²) in [5, 5.41) is 6.32. The predicted octanol–water partition coefficient (Wildman–Crippen LogP) is 2.10. The molecule has 0 aliphatic carbocycles. The second-order valence-corrected chi connectivity index (χ2v) is 4.30. The lowest BCUT2D eigenvalue weighted by Gasteiger charge is -2.13. The van der Waals surface area contributed by atoms with Gasteiger partial charge in [-0.1, -0.05) is 31.2 Å². The first-order valence-corrected chi connectivity index (χ1v) is 6.79. The van der Waals surface area contributed by atoms with E-state index in [1.807, 2.05) is 12.1 Å². The average molecular weight is 405 g/mol. The van der Waals surface area contributed by atoms with Crippen LogP contribution in [0.3, 0.4) is 0 Å². The highest BCUT2D eigenvalue weighted by Crippen LogP contribution is 2.08. The molecule has 21 heavy (non-hydrogen) atoms. The largest absolute Gasteiger partial charge is 0.469 e. The van der Waals surface area contributed by atoms with Gasteiger partial charge in [-0.15, -0.1) is 24.0 Å². The van der Waals surface area contributed by atoms with Crippen molar-refractivity contribution in [1.29, 1.82) is 0 Å². The zero-order chi connectivity index (χ0) is 14.8. The first-order chi connectivity index (χ1) is 9.71. The molecule has 0 aromatic heterocycles. The summed E-state index contributed by atoms with van der Waals surface area (Å²) in [5.74, 6) is 0.448. The van der Waals surface area contributed by atoms with E-state index in [0.29, 0.717) is 25.5 Å². The molecule has 0 radical (unpaired) electrons. The first kappa shape index (κ1) is 19.7. The van der Waals surface area contributed by atoms with Gasteiger partial charge in [0.05, 0.1) is 13.5 Å². The number of hydrogen-bond acceptors (Lipinski definition) is 3. The molecule has 0 aliphatic rings. The molecule has 0 atom stereocenters. The molecule has 0 unspecified atom stereocenters. The highest BCUT2D eigenvalue weighted by atomic mass is 127. The van der Waals surface area contributed by atoms with Gasteiger partial charge in [0.15, 0.2) is 5.96 Å². The van der Waals surface area contributed by atoms with Crippen LogP contribution in [-0.2, 0) is 22.5 Å². The van der Waals surface area contributed by atoms with Gasteiger partial charge in [0.1, 0.15) is 0 Å². The van der Waals surface area contributed by atoms with Crippen LogP contribution in [0.5, 0.6) is 0 Å². The maximum atomic E-state index is 11.0. The smallest absolute Gasteiger partial charge is 0.307 e. The molecule has 0 amide bonds. The third kappa shape index (κ3) is 7.31. The quantitative estimate of drug-likeness (QED) is 0.329. The second-order valence-electron chi connectivity index (χ2n) is 4.30. The van der Waals surface area contributed by atoms with Gasteiger partial charge in [-0.3, -0.25) is 9.79 Å². The highest BCUT2D eigenvalue weighted by molar-refractivity contribution is 14.0. The van der Waals surface area contributed by atoms with Crippen LogP contribution in [0.15, 0.2) is 29.3 Å². The van der Waals surface area contributed by atoms with Crippen molar-refractivity contribution in [3.8, 4) is 0 Å². The summed E-state index contributed by atoms with van der Waals surface area (Å²) in [6.45, 7) is 3.35. The van der Waals surface area contributed by atoms with E-state index in [4.69, 9.17) is 0 Å². The number of nitrogens with one attached hydrogen (secondary N) is 2. The highest BCUT2D eigenvalue weighted by Gasteiger charge is 2.03. The molecule has 0 saturated heterocycles. The zero-order valence-electron chi connectivity index (χ0n) is 12.8. The number of esters is 1. The molecule has 0 saturated carbocycles. The van der Waals surface area contributed by atoms with Crippen molar-refractivity contribution in [1.82, 2.24) is 10.6 Å². The van der Waals surface area contributed by atoms with Gasteiger partial charge in [-0.05, 0) is 17.5 Å². The fourth-order valence-electron chi connectivity index (χ4n) is 1.86. The molecule has 1 rings (SSSR count). The minimum atomic E-state index is -0.232. The molecule has 1 aromatic rings. The summed E-state index contributed by atoms with van der Waals surface area (Å²) >= 11 is 0. The Bertz CT molecular complexity index is 464. The summed E-state index contributed by atoms with van der Waals surface area (Å²) in [4.78, 5) is 15.1. The fraction of sp³-hybridized carbons (Fsp3) is 0.467. The van der Waals surface area contributed by atoms with E-state index in [0.717, 1.165) is 6.42 Å². The van der Waals surface area contributed by atoms with Crippen molar-refractivity contribution in [2.24, 2.45) is 4.99 Å². The number of hydrogen-bond donors (Lipinski definition) is 2. The number of nitrogens with zero attached hydrogens (tertiary/aromatic N) is 1. The van der Waals surface area contributed by atoms with Crippen molar-refractivity contribution >= 4 is 35.9 Å². The van der Waals surface area contributed by atoms with Crippen LogP contribution in [0.2, 0.25) is 0 Å². The lowest BCUT2D eigenvalue weighted by Crippen LogP contribution is -2.38. The maximum absolute atomic E-state index is 11.0. The molecule has 0 aliphatic heterocycles. The standard InChI is InChI=1S/C15H23N3O2.HI/c1-4-12-7-5-6-8-13(12)11-18-15(16-2)17-10-9-14(19)20-3;/h5-8H,4,9-11H2,1-3H3,(H2,16,17,18);1H. The summed E-state index contributed by atoms with van der Waals surface area (Å²) in [5.41, 5.74) is 2.58. The van der Waals surface area contributed by atoms with Gasteiger partial charge in [0.2, 0.25) is 0 Å². The maximum Gasteiger partial charge on any atom is 0.307 e. The number of methoxy groups -OCH3 is 1. The normalized spacial score (nSPS) is 10.5. The summed E-state index contributed by atoms with van der Waals surface area (Å²) in [6, 6.07) is 8.31. The number of ether oxygens (including phenoxy) is 1. The lowest BCUT2D eigenvalue weighted by atomic mass is 10.1. The Hall–Kier alpha value is -1.31. The summed E-state index contributed by atoms with van der Waals surface area (Å²) < 4.78 is 4.59. The van der Waals surface area contributed by atoms with Crippen LogP contribution >= 0.6 is 24.0 Å². The Labute approximate surface area is 143 Å². The van der Waals surface area contributed by atoms with Gasteiger partial charge in [0, 0.05) is 20.1 Å².